The quantitative estimate of drug-likeness (QED) is 0.486. The summed E-state index contributed by atoms with van der Waals surface area (Å²) in [6, 6.07) is 26.0. The first-order chi connectivity index (χ1) is 15.0. The molecule has 1 aliphatic carbocycles. The molecule has 1 aliphatic rings. The molecule has 166 valence electrons. The molecule has 0 bridgehead atoms. The van der Waals surface area contributed by atoms with Crippen molar-refractivity contribution >= 4 is 5.78 Å². The minimum Gasteiger partial charge on any atom is -0.380 e. The summed E-state index contributed by atoms with van der Waals surface area (Å²) in [7, 11) is 0. The fourth-order valence-corrected chi connectivity index (χ4v) is 5.28. The maximum Gasteiger partial charge on any atom is 0.167 e. The molecule has 32 heavy (non-hydrogen) atoms. The minimum absolute atomic E-state index is 0.0984. The van der Waals surface area contributed by atoms with Crippen LogP contribution in [0, 0.1) is 11.3 Å². The molecule has 0 fully saturated rings. The summed E-state index contributed by atoms with van der Waals surface area (Å²) in [5, 5.41) is 12.8. The van der Waals surface area contributed by atoms with Crippen LogP contribution in [0.15, 0.2) is 78.9 Å². The summed E-state index contributed by atoms with van der Waals surface area (Å²) in [5.74, 6) is -0.660. The second kappa shape index (κ2) is 7.71. The zero-order valence-corrected chi connectivity index (χ0v) is 20.0. The van der Waals surface area contributed by atoms with Crippen molar-refractivity contribution in [2.24, 2.45) is 11.3 Å². The maximum atomic E-state index is 14.0. The molecule has 0 amide bonds. The molecular weight excluding hydrogens is 392 g/mol. The van der Waals surface area contributed by atoms with Crippen LogP contribution in [0.5, 0.6) is 0 Å². The lowest BCUT2D eigenvalue weighted by molar-refractivity contribution is -0.00468. The van der Waals surface area contributed by atoms with E-state index in [0.29, 0.717) is 5.56 Å². The largest absolute Gasteiger partial charge is 0.380 e. The zero-order chi connectivity index (χ0) is 23.3. The molecule has 0 heterocycles. The Morgan fingerprint density at radius 1 is 0.781 bits per heavy atom. The molecule has 4 rings (SSSR count). The van der Waals surface area contributed by atoms with Gasteiger partial charge in [0.2, 0.25) is 0 Å². The number of carbonyl (C=O) groups is 1. The summed E-state index contributed by atoms with van der Waals surface area (Å²) in [4.78, 5) is 14.0. The van der Waals surface area contributed by atoms with E-state index in [-0.39, 0.29) is 22.5 Å². The number of rotatable bonds is 2. The van der Waals surface area contributed by atoms with Crippen LogP contribution in [-0.2, 0) is 11.0 Å². The van der Waals surface area contributed by atoms with Crippen molar-refractivity contribution in [2.45, 2.75) is 58.5 Å². The lowest BCUT2D eigenvalue weighted by atomic mass is 9.54. The Hall–Kier alpha value is -2.71. The van der Waals surface area contributed by atoms with E-state index in [1.807, 2.05) is 72.8 Å². The number of aliphatic hydroxyl groups is 1. The molecule has 0 aromatic heterocycles. The fraction of sp³-hybridized carbons (Fsp3) is 0.367. The van der Waals surface area contributed by atoms with Gasteiger partial charge in [-0.05, 0) is 33.1 Å². The standard InChI is InChI=1S/C30H34O2/c1-28(2,3)22-17-18-23-24(19-22)30(32,21-15-11-8-12-16-21)25(20-13-9-7-10-14-20)26(27(23)31)29(4,5)6/h7-19,25-26,32H,1-6H3/t25-,26+,30-/m1/s1. The van der Waals surface area contributed by atoms with Gasteiger partial charge < -0.3 is 5.11 Å². The monoisotopic (exact) mass is 426 g/mol. The number of hydrogen-bond donors (Lipinski definition) is 1. The fourth-order valence-electron chi connectivity index (χ4n) is 5.28. The van der Waals surface area contributed by atoms with Crippen LogP contribution in [0.3, 0.4) is 0 Å². The highest BCUT2D eigenvalue weighted by molar-refractivity contribution is 6.02. The molecule has 1 N–H and O–H groups in total. The van der Waals surface area contributed by atoms with Crippen LogP contribution in [0.2, 0.25) is 0 Å². The Bertz CT molecular complexity index is 1120. The lowest BCUT2D eigenvalue weighted by Crippen LogP contribution is -2.50. The molecule has 0 aliphatic heterocycles. The van der Waals surface area contributed by atoms with Gasteiger partial charge in [0, 0.05) is 17.4 Å². The molecule has 3 atom stereocenters. The molecule has 2 nitrogen and oxygen atoms in total. The predicted molar refractivity (Wildman–Crippen MR) is 131 cm³/mol. The number of benzene rings is 3. The van der Waals surface area contributed by atoms with Gasteiger partial charge in [0.05, 0.1) is 0 Å². The molecule has 0 spiro atoms. The second-order valence-corrected chi connectivity index (χ2v) is 11.2. The summed E-state index contributed by atoms with van der Waals surface area (Å²) in [6.45, 7) is 12.8. The van der Waals surface area contributed by atoms with Crippen LogP contribution >= 0.6 is 0 Å². The summed E-state index contributed by atoms with van der Waals surface area (Å²) >= 11 is 0. The van der Waals surface area contributed by atoms with E-state index in [4.69, 9.17) is 0 Å². The van der Waals surface area contributed by atoms with Gasteiger partial charge in [-0.1, -0.05) is 120 Å². The summed E-state index contributed by atoms with van der Waals surface area (Å²) in [6.07, 6.45) is 0. The third-order valence-corrected chi connectivity index (χ3v) is 6.93. The Morgan fingerprint density at radius 3 is 1.88 bits per heavy atom. The van der Waals surface area contributed by atoms with Gasteiger partial charge in [0.15, 0.2) is 5.78 Å². The number of carbonyl (C=O) groups excluding carboxylic acids is 1. The molecule has 0 saturated carbocycles. The number of ketones is 1. The van der Waals surface area contributed by atoms with Crippen molar-refractivity contribution in [1.29, 1.82) is 0 Å². The molecule has 0 radical (unpaired) electrons. The van der Waals surface area contributed by atoms with Crippen LogP contribution in [0.25, 0.3) is 0 Å². The van der Waals surface area contributed by atoms with Crippen LogP contribution in [0.4, 0.5) is 0 Å². The first-order valence-corrected chi connectivity index (χ1v) is 11.5. The molecule has 2 heteroatoms. The van der Waals surface area contributed by atoms with Gasteiger partial charge in [-0.15, -0.1) is 0 Å². The summed E-state index contributed by atoms with van der Waals surface area (Å²) < 4.78 is 0. The topological polar surface area (TPSA) is 37.3 Å². The highest BCUT2D eigenvalue weighted by Gasteiger charge is 2.56. The van der Waals surface area contributed by atoms with Crippen molar-refractivity contribution in [3.63, 3.8) is 0 Å². The van der Waals surface area contributed by atoms with E-state index in [1.165, 1.54) is 0 Å². The van der Waals surface area contributed by atoms with E-state index >= 15 is 0 Å². The van der Waals surface area contributed by atoms with E-state index in [9.17, 15) is 9.90 Å². The van der Waals surface area contributed by atoms with Crippen molar-refractivity contribution in [1.82, 2.24) is 0 Å². The van der Waals surface area contributed by atoms with Crippen LogP contribution in [0.1, 0.15) is 80.1 Å². The van der Waals surface area contributed by atoms with E-state index in [2.05, 4.69) is 47.6 Å². The van der Waals surface area contributed by atoms with E-state index < -0.39 is 11.5 Å². The van der Waals surface area contributed by atoms with Gasteiger partial charge in [0.25, 0.3) is 0 Å². The van der Waals surface area contributed by atoms with Gasteiger partial charge in [-0.3, -0.25) is 4.79 Å². The zero-order valence-electron chi connectivity index (χ0n) is 20.0. The van der Waals surface area contributed by atoms with Gasteiger partial charge in [0.1, 0.15) is 5.60 Å². The highest BCUT2D eigenvalue weighted by atomic mass is 16.3. The number of Topliss-reactive ketones (excluding diaryl/α,β-unsaturated/α-hetero) is 1. The van der Waals surface area contributed by atoms with Crippen LogP contribution in [-0.4, -0.2) is 10.9 Å². The average Bonchev–Trinajstić information content (AvgIpc) is 2.75. The summed E-state index contributed by atoms with van der Waals surface area (Å²) in [5.41, 5.74) is 2.51. The Kier molecular flexibility index (Phi) is 5.41. The van der Waals surface area contributed by atoms with Crippen molar-refractivity contribution in [3.05, 3.63) is 107 Å². The van der Waals surface area contributed by atoms with Gasteiger partial charge in [-0.25, -0.2) is 0 Å². The Balaban J connectivity index is 2.12. The van der Waals surface area contributed by atoms with E-state index in [0.717, 1.165) is 22.3 Å². The second-order valence-electron chi connectivity index (χ2n) is 11.2. The predicted octanol–water partition coefficient (Wildman–Crippen LogP) is 6.86. The molecular formula is C30H34O2. The first kappa shape index (κ1) is 22.5. The average molecular weight is 427 g/mol. The molecule has 0 unspecified atom stereocenters. The third kappa shape index (κ3) is 3.61. The maximum absolute atomic E-state index is 14.0. The van der Waals surface area contributed by atoms with Crippen molar-refractivity contribution < 1.29 is 9.90 Å². The smallest absolute Gasteiger partial charge is 0.167 e. The Labute approximate surface area is 192 Å². The van der Waals surface area contributed by atoms with Crippen molar-refractivity contribution in [2.75, 3.05) is 0 Å². The highest BCUT2D eigenvalue weighted by Crippen LogP contribution is 2.56. The molecule has 3 aromatic carbocycles. The molecule has 3 aromatic rings. The van der Waals surface area contributed by atoms with E-state index in [1.54, 1.807) is 0 Å². The Morgan fingerprint density at radius 2 is 1.34 bits per heavy atom. The SMILES string of the molecule is CC(C)(C)c1ccc2c(c1)[C@](O)(c1ccccc1)[C@H](c1ccccc1)[C@H](C(C)(C)C)C2=O. The molecule has 0 saturated heterocycles. The number of fused-ring (bicyclic) bond motifs is 1. The third-order valence-electron chi connectivity index (χ3n) is 6.93. The number of hydrogen-bond acceptors (Lipinski definition) is 2. The lowest BCUT2D eigenvalue weighted by Gasteiger charge is -2.50. The van der Waals surface area contributed by atoms with Gasteiger partial charge >= 0.3 is 0 Å². The van der Waals surface area contributed by atoms with Crippen LogP contribution < -0.4 is 0 Å². The minimum atomic E-state index is -1.33. The first-order valence-electron chi connectivity index (χ1n) is 11.5. The van der Waals surface area contributed by atoms with Crippen molar-refractivity contribution in [3.8, 4) is 0 Å². The van der Waals surface area contributed by atoms with Gasteiger partial charge in [-0.2, -0.15) is 0 Å². The normalized spacial score (nSPS) is 23.7.